The number of hydrogen-bond acceptors (Lipinski definition) is 4. The highest BCUT2D eigenvalue weighted by atomic mass is 16.5. The molecule has 1 heterocycles. The van der Waals surface area contributed by atoms with E-state index in [0.29, 0.717) is 24.6 Å². The van der Waals surface area contributed by atoms with Crippen LogP contribution >= 0.6 is 0 Å². The molecule has 1 aliphatic rings. The molecule has 2 atom stereocenters. The molecule has 2 unspecified atom stereocenters. The van der Waals surface area contributed by atoms with Gasteiger partial charge in [0.1, 0.15) is 5.75 Å². The number of anilines is 1. The molecule has 0 saturated carbocycles. The number of carbonyl (C=O) groups excluding carboxylic acids is 1. The maximum atomic E-state index is 12.1. The van der Waals surface area contributed by atoms with Crippen molar-refractivity contribution < 1.29 is 14.3 Å². The van der Waals surface area contributed by atoms with Crippen LogP contribution in [0, 0.1) is 5.92 Å². The van der Waals surface area contributed by atoms with Gasteiger partial charge < -0.3 is 20.5 Å². The van der Waals surface area contributed by atoms with Crippen LogP contribution in [0.4, 0.5) is 5.69 Å². The standard InChI is InChI=1S/C14H20N2O3/c1-9-5-11(8-19-9)14(17)16-12-4-3-10(7-15)6-13(12)18-2/h3-4,6,9,11H,5,7-8,15H2,1-2H3,(H,16,17). The first-order valence-electron chi connectivity index (χ1n) is 6.43. The van der Waals surface area contributed by atoms with E-state index in [1.54, 1.807) is 7.11 Å². The Hall–Kier alpha value is -1.59. The van der Waals surface area contributed by atoms with E-state index in [2.05, 4.69) is 5.32 Å². The largest absolute Gasteiger partial charge is 0.495 e. The van der Waals surface area contributed by atoms with E-state index in [9.17, 15) is 4.79 Å². The maximum absolute atomic E-state index is 12.1. The molecular formula is C14H20N2O3. The van der Waals surface area contributed by atoms with Crippen LogP contribution in [0.5, 0.6) is 5.75 Å². The zero-order valence-corrected chi connectivity index (χ0v) is 11.3. The molecule has 5 nitrogen and oxygen atoms in total. The first kappa shape index (κ1) is 13.8. The van der Waals surface area contributed by atoms with Crippen LogP contribution in [0.3, 0.4) is 0 Å². The van der Waals surface area contributed by atoms with Crippen LogP contribution in [0.25, 0.3) is 0 Å². The lowest BCUT2D eigenvalue weighted by atomic mass is 10.1. The molecule has 1 aromatic carbocycles. The van der Waals surface area contributed by atoms with Crippen molar-refractivity contribution in [2.75, 3.05) is 19.0 Å². The Balaban J connectivity index is 2.08. The normalized spacial score (nSPS) is 22.3. The van der Waals surface area contributed by atoms with E-state index in [0.717, 1.165) is 12.0 Å². The first-order chi connectivity index (χ1) is 9.13. The fourth-order valence-electron chi connectivity index (χ4n) is 2.20. The van der Waals surface area contributed by atoms with E-state index in [-0.39, 0.29) is 17.9 Å². The third kappa shape index (κ3) is 3.24. The van der Waals surface area contributed by atoms with Crippen LogP contribution in [-0.2, 0) is 16.1 Å². The number of benzene rings is 1. The third-order valence-corrected chi connectivity index (χ3v) is 3.33. The van der Waals surface area contributed by atoms with Gasteiger partial charge in [0.2, 0.25) is 5.91 Å². The van der Waals surface area contributed by atoms with Gasteiger partial charge in [0, 0.05) is 6.54 Å². The number of hydrogen-bond donors (Lipinski definition) is 2. The Morgan fingerprint density at radius 2 is 2.37 bits per heavy atom. The van der Waals surface area contributed by atoms with Crippen molar-refractivity contribution in [2.24, 2.45) is 11.7 Å². The van der Waals surface area contributed by atoms with Crippen LogP contribution < -0.4 is 15.8 Å². The number of nitrogens with one attached hydrogen (secondary N) is 1. The minimum atomic E-state index is -0.0890. The van der Waals surface area contributed by atoms with Crippen LogP contribution in [-0.4, -0.2) is 25.7 Å². The highest BCUT2D eigenvalue weighted by Gasteiger charge is 2.28. The number of nitrogens with two attached hydrogens (primary N) is 1. The number of carbonyl (C=O) groups is 1. The maximum Gasteiger partial charge on any atom is 0.230 e. The van der Waals surface area contributed by atoms with E-state index < -0.39 is 0 Å². The molecule has 104 valence electrons. The molecular weight excluding hydrogens is 244 g/mol. The number of ether oxygens (including phenoxy) is 2. The molecule has 2 rings (SSSR count). The first-order valence-corrected chi connectivity index (χ1v) is 6.43. The summed E-state index contributed by atoms with van der Waals surface area (Å²) in [6, 6.07) is 5.54. The second-order valence-corrected chi connectivity index (χ2v) is 4.80. The molecule has 3 N–H and O–H groups in total. The Morgan fingerprint density at radius 3 is 2.95 bits per heavy atom. The highest BCUT2D eigenvalue weighted by molar-refractivity contribution is 5.94. The summed E-state index contributed by atoms with van der Waals surface area (Å²) in [7, 11) is 1.58. The van der Waals surface area contributed by atoms with Gasteiger partial charge in [-0.3, -0.25) is 4.79 Å². The molecule has 0 spiro atoms. The average Bonchev–Trinajstić information content (AvgIpc) is 2.86. The molecule has 1 fully saturated rings. The lowest BCUT2D eigenvalue weighted by Crippen LogP contribution is -2.23. The zero-order valence-electron chi connectivity index (χ0n) is 11.3. The van der Waals surface area contributed by atoms with Gasteiger partial charge in [0.15, 0.2) is 0 Å². The molecule has 19 heavy (non-hydrogen) atoms. The molecule has 5 heteroatoms. The topological polar surface area (TPSA) is 73.6 Å². The van der Waals surface area contributed by atoms with Crippen molar-refractivity contribution >= 4 is 11.6 Å². The van der Waals surface area contributed by atoms with Crippen molar-refractivity contribution in [3.05, 3.63) is 23.8 Å². The fraction of sp³-hybridized carbons (Fsp3) is 0.500. The van der Waals surface area contributed by atoms with E-state index in [4.69, 9.17) is 15.2 Å². The minimum absolute atomic E-state index is 0.0249. The predicted molar refractivity (Wildman–Crippen MR) is 73.0 cm³/mol. The van der Waals surface area contributed by atoms with Gasteiger partial charge in [-0.2, -0.15) is 0 Å². The summed E-state index contributed by atoms with van der Waals surface area (Å²) in [5, 5.41) is 2.89. The Labute approximate surface area is 113 Å². The van der Waals surface area contributed by atoms with Crippen molar-refractivity contribution in [2.45, 2.75) is 26.0 Å². The lowest BCUT2D eigenvalue weighted by molar-refractivity contribution is -0.119. The number of rotatable bonds is 4. The van der Waals surface area contributed by atoms with Gasteiger partial charge in [-0.1, -0.05) is 6.07 Å². The van der Waals surface area contributed by atoms with Gasteiger partial charge in [-0.15, -0.1) is 0 Å². The summed E-state index contributed by atoms with van der Waals surface area (Å²) in [4.78, 5) is 12.1. The summed E-state index contributed by atoms with van der Waals surface area (Å²) in [6.45, 7) is 2.90. The van der Waals surface area contributed by atoms with Crippen molar-refractivity contribution in [1.29, 1.82) is 0 Å². The van der Waals surface area contributed by atoms with Gasteiger partial charge >= 0.3 is 0 Å². The average molecular weight is 264 g/mol. The fourth-order valence-corrected chi connectivity index (χ4v) is 2.20. The predicted octanol–water partition coefficient (Wildman–Crippen LogP) is 1.52. The third-order valence-electron chi connectivity index (χ3n) is 3.33. The van der Waals surface area contributed by atoms with Crippen molar-refractivity contribution in [1.82, 2.24) is 0 Å². The molecule has 0 aromatic heterocycles. The quantitative estimate of drug-likeness (QED) is 0.864. The van der Waals surface area contributed by atoms with Gasteiger partial charge in [-0.05, 0) is 31.0 Å². The van der Waals surface area contributed by atoms with Gasteiger partial charge in [0.05, 0.1) is 31.4 Å². The van der Waals surface area contributed by atoms with Crippen LogP contribution in [0.2, 0.25) is 0 Å². The van der Waals surface area contributed by atoms with Crippen molar-refractivity contribution in [3.8, 4) is 5.75 Å². The summed E-state index contributed by atoms with van der Waals surface area (Å²) >= 11 is 0. The summed E-state index contributed by atoms with van der Waals surface area (Å²) < 4.78 is 10.7. The van der Waals surface area contributed by atoms with E-state index in [1.807, 2.05) is 25.1 Å². The van der Waals surface area contributed by atoms with Crippen LogP contribution in [0.1, 0.15) is 18.9 Å². The lowest BCUT2D eigenvalue weighted by Gasteiger charge is -2.13. The molecule has 0 aliphatic carbocycles. The summed E-state index contributed by atoms with van der Waals surface area (Å²) in [6.07, 6.45) is 0.909. The second kappa shape index (κ2) is 6.04. The van der Waals surface area contributed by atoms with Gasteiger partial charge in [-0.25, -0.2) is 0 Å². The molecule has 1 amide bonds. The second-order valence-electron chi connectivity index (χ2n) is 4.80. The minimum Gasteiger partial charge on any atom is -0.495 e. The SMILES string of the molecule is COc1cc(CN)ccc1NC(=O)C1COC(C)C1. The zero-order chi connectivity index (χ0) is 13.8. The summed E-state index contributed by atoms with van der Waals surface area (Å²) in [5.74, 6) is 0.514. The smallest absolute Gasteiger partial charge is 0.230 e. The highest BCUT2D eigenvalue weighted by Crippen LogP contribution is 2.27. The number of methoxy groups -OCH3 is 1. The van der Waals surface area contributed by atoms with E-state index in [1.165, 1.54) is 0 Å². The Morgan fingerprint density at radius 1 is 1.58 bits per heavy atom. The monoisotopic (exact) mass is 264 g/mol. The molecule has 0 bridgehead atoms. The van der Waals surface area contributed by atoms with Crippen LogP contribution in [0.15, 0.2) is 18.2 Å². The Bertz CT molecular complexity index is 462. The molecule has 1 saturated heterocycles. The molecule has 1 aromatic rings. The molecule has 1 aliphatic heterocycles. The Kier molecular flexibility index (Phi) is 4.39. The molecule has 0 radical (unpaired) electrons. The summed E-state index contributed by atoms with van der Waals surface area (Å²) in [5.41, 5.74) is 7.22. The van der Waals surface area contributed by atoms with Gasteiger partial charge in [0.25, 0.3) is 0 Å². The van der Waals surface area contributed by atoms with Crippen molar-refractivity contribution in [3.63, 3.8) is 0 Å². The van der Waals surface area contributed by atoms with E-state index >= 15 is 0 Å². The number of amides is 1.